The molecule has 0 radical (unpaired) electrons. The van der Waals surface area contributed by atoms with Crippen LogP contribution in [0.2, 0.25) is 0 Å². The smallest absolute Gasteiger partial charge is 0.328 e. The molecule has 0 spiro atoms. The van der Waals surface area contributed by atoms with Crippen LogP contribution in [-0.4, -0.2) is 31.1 Å². The molecule has 1 amide bonds. The summed E-state index contributed by atoms with van der Waals surface area (Å²) < 4.78 is 4.83. The quantitative estimate of drug-likeness (QED) is 0.650. The van der Waals surface area contributed by atoms with Crippen molar-refractivity contribution >= 4 is 11.9 Å². The van der Waals surface area contributed by atoms with Crippen molar-refractivity contribution in [3.8, 4) is 0 Å². The summed E-state index contributed by atoms with van der Waals surface area (Å²) in [6.07, 6.45) is 1.31. The van der Waals surface area contributed by atoms with Gasteiger partial charge in [0.05, 0.1) is 12.0 Å². The van der Waals surface area contributed by atoms with Gasteiger partial charge in [0.15, 0.2) is 0 Å². The van der Waals surface area contributed by atoms with Crippen LogP contribution in [-0.2, 0) is 14.3 Å². The van der Waals surface area contributed by atoms with Gasteiger partial charge >= 0.3 is 5.97 Å². The van der Waals surface area contributed by atoms with Crippen molar-refractivity contribution < 1.29 is 14.3 Å². The minimum atomic E-state index is -0.633. The molecule has 0 saturated heterocycles. The monoisotopic (exact) mass is 244 g/mol. The first kappa shape index (κ1) is 15.9. The fraction of sp³-hybridized carbons (Fsp3) is 0.833. The number of hydrogen-bond acceptors (Lipinski definition) is 4. The van der Waals surface area contributed by atoms with E-state index in [1.807, 2.05) is 13.8 Å². The van der Waals surface area contributed by atoms with Crippen molar-refractivity contribution in [1.82, 2.24) is 5.32 Å². The van der Waals surface area contributed by atoms with Gasteiger partial charge in [0.2, 0.25) is 5.91 Å². The molecule has 3 N–H and O–H groups in total. The van der Waals surface area contributed by atoms with Crippen LogP contribution in [0.25, 0.3) is 0 Å². The molecule has 0 aliphatic rings. The van der Waals surface area contributed by atoms with E-state index in [-0.39, 0.29) is 12.5 Å². The molecule has 0 aliphatic heterocycles. The van der Waals surface area contributed by atoms with Gasteiger partial charge in [-0.3, -0.25) is 4.79 Å². The molecule has 0 aromatic carbocycles. The summed E-state index contributed by atoms with van der Waals surface area (Å²) >= 11 is 0. The number of nitrogens with one attached hydrogen (secondary N) is 1. The lowest BCUT2D eigenvalue weighted by atomic mass is 9.81. The van der Waals surface area contributed by atoms with Crippen LogP contribution >= 0.6 is 0 Å². The number of rotatable bonds is 7. The molecular weight excluding hydrogens is 220 g/mol. The van der Waals surface area contributed by atoms with Crippen LogP contribution in [0.1, 0.15) is 40.5 Å². The van der Waals surface area contributed by atoms with Gasteiger partial charge in [-0.15, -0.1) is 0 Å². The summed E-state index contributed by atoms with van der Waals surface area (Å²) in [5.41, 5.74) is 5.08. The highest BCUT2D eigenvalue weighted by Crippen LogP contribution is 2.25. The second-order valence-corrected chi connectivity index (χ2v) is 4.14. The van der Waals surface area contributed by atoms with Gasteiger partial charge in [0, 0.05) is 6.54 Å². The molecule has 17 heavy (non-hydrogen) atoms. The van der Waals surface area contributed by atoms with Crippen molar-refractivity contribution in [1.29, 1.82) is 0 Å². The van der Waals surface area contributed by atoms with Crippen molar-refractivity contribution in [2.75, 3.05) is 13.2 Å². The molecule has 0 saturated carbocycles. The Labute approximate surface area is 103 Å². The maximum Gasteiger partial charge on any atom is 0.328 e. The first-order valence-electron chi connectivity index (χ1n) is 6.15. The third kappa shape index (κ3) is 4.00. The Morgan fingerprint density at radius 3 is 2.18 bits per heavy atom. The summed E-state index contributed by atoms with van der Waals surface area (Å²) in [4.78, 5) is 23.5. The van der Waals surface area contributed by atoms with E-state index in [0.29, 0.717) is 19.4 Å². The Kier molecular flexibility index (Phi) is 6.80. The van der Waals surface area contributed by atoms with Gasteiger partial charge in [0.25, 0.3) is 0 Å². The summed E-state index contributed by atoms with van der Waals surface area (Å²) in [6, 6.07) is -0.633. The molecule has 0 rings (SSSR count). The van der Waals surface area contributed by atoms with Crippen LogP contribution < -0.4 is 11.1 Å². The summed E-state index contributed by atoms with van der Waals surface area (Å²) in [6.45, 7) is 7.77. The van der Waals surface area contributed by atoms with E-state index < -0.39 is 17.4 Å². The third-order valence-electron chi connectivity index (χ3n) is 3.21. The molecule has 5 nitrogen and oxygen atoms in total. The zero-order valence-corrected chi connectivity index (χ0v) is 11.2. The van der Waals surface area contributed by atoms with Crippen LogP contribution in [0.15, 0.2) is 0 Å². The van der Waals surface area contributed by atoms with Gasteiger partial charge in [-0.2, -0.15) is 0 Å². The number of amides is 1. The topological polar surface area (TPSA) is 81.4 Å². The number of carbonyl (C=O) groups is 2. The van der Waals surface area contributed by atoms with Gasteiger partial charge < -0.3 is 15.8 Å². The number of hydrogen-bond donors (Lipinski definition) is 2. The van der Waals surface area contributed by atoms with Crippen molar-refractivity contribution in [3.63, 3.8) is 0 Å². The molecule has 0 fully saturated rings. The standard InChI is InChI=1S/C12H24N2O3/c1-5-12(6-2,8-13)11(16)14-9(4)10(15)17-7-3/h9H,5-8,13H2,1-4H3,(H,14,16). The zero-order valence-electron chi connectivity index (χ0n) is 11.2. The third-order valence-corrected chi connectivity index (χ3v) is 3.21. The Hall–Kier alpha value is -1.10. The predicted octanol–water partition coefficient (Wildman–Crippen LogP) is 0.819. The summed E-state index contributed by atoms with van der Waals surface area (Å²) in [5, 5.41) is 2.66. The van der Waals surface area contributed by atoms with E-state index in [9.17, 15) is 9.59 Å². The summed E-state index contributed by atoms with van der Waals surface area (Å²) in [7, 11) is 0. The first-order valence-corrected chi connectivity index (χ1v) is 6.15. The van der Waals surface area contributed by atoms with E-state index in [1.165, 1.54) is 0 Å². The Balaban J connectivity index is 4.56. The molecule has 0 aromatic rings. The second-order valence-electron chi connectivity index (χ2n) is 4.14. The highest BCUT2D eigenvalue weighted by atomic mass is 16.5. The minimum Gasteiger partial charge on any atom is -0.464 e. The average molecular weight is 244 g/mol. The van der Waals surface area contributed by atoms with Crippen LogP contribution in [0, 0.1) is 5.41 Å². The lowest BCUT2D eigenvalue weighted by Crippen LogP contribution is -2.50. The van der Waals surface area contributed by atoms with E-state index in [0.717, 1.165) is 0 Å². The van der Waals surface area contributed by atoms with E-state index in [2.05, 4.69) is 5.32 Å². The SMILES string of the molecule is CCOC(=O)C(C)NC(=O)C(CC)(CC)CN. The number of ether oxygens (including phenoxy) is 1. The molecule has 100 valence electrons. The lowest BCUT2D eigenvalue weighted by Gasteiger charge is -2.29. The lowest BCUT2D eigenvalue weighted by molar-refractivity contribution is -0.148. The first-order chi connectivity index (χ1) is 7.97. The highest BCUT2D eigenvalue weighted by molar-refractivity contribution is 5.87. The molecule has 0 bridgehead atoms. The van der Waals surface area contributed by atoms with Gasteiger partial charge in [-0.25, -0.2) is 4.79 Å². The maximum absolute atomic E-state index is 12.1. The highest BCUT2D eigenvalue weighted by Gasteiger charge is 2.34. The normalized spacial score (nSPS) is 13.0. The fourth-order valence-electron chi connectivity index (χ4n) is 1.63. The molecule has 0 aliphatic carbocycles. The maximum atomic E-state index is 12.1. The fourth-order valence-corrected chi connectivity index (χ4v) is 1.63. The average Bonchev–Trinajstić information content (AvgIpc) is 2.32. The minimum absolute atomic E-state index is 0.175. The van der Waals surface area contributed by atoms with Crippen molar-refractivity contribution in [2.24, 2.45) is 11.1 Å². The zero-order chi connectivity index (χ0) is 13.5. The number of nitrogens with two attached hydrogens (primary N) is 1. The van der Waals surface area contributed by atoms with Gasteiger partial charge in [-0.1, -0.05) is 13.8 Å². The molecule has 5 heteroatoms. The molecule has 0 aromatic heterocycles. The van der Waals surface area contributed by atoms with Crippen LogP contribution in [0.3, 0.4) is 0 Å². The van der Waals surface area contributed by atoms with Gasteiger partial charge in [-0.05, 0) is 26.7 Å². The molecule has 1 unspecified atom stereocenters. The molecule has 1 atom stereocenters. The Bertz CT molecular complexity index is 254. The van der Waals surface area contributed by atoms with E-state index >= 15 is 0 Å². The van der Waals surface area contributed by atoms with Crippen molar-refractivity contribution in [2.45, 2.75) is 46.6 Å². The van der Waals surface area contributed by atoms with E-state index in [1.54, 1.807) is 13.8 Å². The van der Waals surface area contributed by atoms with E-state index in [4.69, 9.17) is 10.5 Å². The van der Waals surface area contributed by atoms with Crippen molar-refractivity contribution in [3.05, 3.63) is 0 Å². The number of esters is 1. The van der Waals surface area contributed by atoms with Gasteiger partial charge in [0.1, 0.15) is 6.04 Å². The van der Waals surface area contributed by atoms with Crippen LogP contribution in [0.5, 0.6) is 0 Å². The number of carbonyl (C=O) groups excluding carboxylic acids is 2. The molecule has 0 heterocycles. The largest absolute Gasteiger partial charge is 0.464 e. The molecular formula is C12H24N2O3. The van der Waals surface area contributed by atoms with Crippen LogP contribution in [0.4, 0.5) is 0 Å². The second kappa shape index (κ2) is 7.27. The predicted molar refractivity (Wildman–Crippen MR) is 66.3 cm³/mol. The Morgan fingerprint density at radius 2 is 1.82 bits per heavy atom. The Morgan fingerprint density at radius 1 is 1.29 bits per heavy atom. The summed E-state index contributed by atoms with van der Waals surface area (Å²) in [5.74, 6) is -0.593.